The lowest BCUT2D eigenvalue weighted by molar-refractivity contribution is 0.607. The van der Waals surface area contributed by atoms with Crippen LogP contribution in [-0.4, -0.2) is 10.9 Å². The van der Waals surface area contributed by atoms with Gasteiger partial charge in [-0.1, -0.05) is 6.92 Å². The van der Waals surface area contributed by atoms with E-state index in [1.807, 2.05) is 6.20 Å². The third-order valence-electron chi connectivity index (χ3n) is 1.39. The zero-order chi connectivity index (χ0) is 7.40. The van der Waals surface area contributed by atoms with Crippen molar-refractivity contribution in [2.75, 3.05) is 6.54 Å². The number of rotatable bonds is 3. The quantitative estimate of drug-likeness (QED) is 0.722. The summed E-state index contributed by atoms with van der Waals surface area (Å²) in [5.41, 5.74) is 0. The Kier molecular flexibility index (Phi) is 2.83. The van der Waals surface area contributed by atoms with Gasteiger partial charge in [0.15, 0.2) is 0 Å². The maximum absolute atomic E-state index is 4.03. The molecule has 0 aliphatic rings. The zero-order valence-electron chi connectivity index (χ0n) is 6.29. The van der Waals surface area contributed by atoms with Gasteiger partial charge in [-0.05, 0) is 31.1 Å². The Hall–Kier alpha value is -0.410. The van der Waals surface area contributed by atoms with Crippen LogP contribution in [0.4, 0.5) is 0 Å². The summed E-state index contributed by atoms with van der Waals surface area (Å²) in [4.78, 5) is 1.31. The van der Waals surface area contributed by atoms with Gasteiger partial charge in [0, 0.05) is 17.1 Å². The second-order valence-corrected chi connectivity index (χ2v) is 3.06. The lowest BCUT2D eigenvalue weighted by Gasteiger charge is -2.07. The molecule has 0 bridgehead atoms. The molecule has 1 heterocycles. The van der Waals surface area contributed by atoms with Crippen molar-refractivity contribution in [3.8, 4) is 0 Å². The zero-order valence-corrected chi connectivity index (χ0v) is 7.11. The fourth-order valence-electron chi connectivity index (χ4n) is 0.856. The van der Waals surface area contributed by atoms with E-state index in [1.54, 1.807) is 11.5 Å². The van der Waals surface area contributed by atoms with Crippen LogP contribution in [-0.2, 0) is 0 Å². The Bertz CT molecular complexity index is 172. The van der Waals surface area contributed by atoms with Crippen molar-refractivity contribution in [1.29, 1.82) is 0 Å². The molecule has 1 aromatic heterocycles. The van der Waals surface area contributed by atoms with Crippen molar-refractivity contribution in [3.63, 3.8) is 0 Å². The molecule has 1 rings (SSSR count). The van der Waals surface area contributed by atoms with Gasteiger partial charge in [-0.2, -0.15) is 0 Å². The fourth-order valence-corrected chi connectivity index (χ4v) is 1.46. The minimum absolute atomic E-state index is 0.456. The monoisotopic (exact) mass is 156 g/mol. The van der Waals surface area contributed by atoms with Gasteiger partial charge in [-0.3, -0.25) is 0 Å². The van der Waals surface area contributed by atoms with Crippen LogP contribution in [0.2, 0.25) is 0 Å². The van der Waals surface area contributed by atoms with Crippen molar-refractivity contribution >= 4 is 11.5 Å². The molecule has 10 heavy (non-hydrogen) atoms. The summed E-state index contributed by atoms with van der Waals surface area (Å²) in [5.74, 6) is 0. The molecule has 0 amide bonds. The third kappa shape index (κ3) is 1.78. The molecule has 1 N–H and O–H groups in total. The maximum Gasteiger partial charge on any atom is 0.0419 e. The standard InChI is InChI=1S/C7H12N2S/c1-3-8-6(2)7-4-5-9-10-7/h4-6,8H,3H2,1-2H3. The summed E-state index contributed by atoms with van der Waals surface area (Å²) >= 11 is 1.56. The van der Waals surface area contributed by atoms with Gasteiger partial charge in [-0.25, -0.2) is 4.37 Å². The number of hydrogen-bond donors (Lipinski definition) is 1. The Morgan fingerprint density at radius 3 is 3.10 bits per heavy atom. The molecular weight excluding hydrogens is 144 g/mol. The molecule has 1 unspecified atom stereocenters. The molecule has 0 spiro atoms. The molecule has 0 aliphatic heterocycles. The lowest BCUT2D eigenvalue weighted by Crippen LogP contribution is -2.16. The SMILES string of the molecule is CCNC(C)c1ccns1. The van der Waals surface area contributed by atoms with Crippen LogP contribution in [0.3, 0.4) is 0 Å². The maximum atomic E-state index is 4.03. The van der Waals surface area contributed by atoms with Gasteiger partial charge < -0.3 is 5.32 Å². The lowest BCUT2D eigenvalue weighted by atomic mass is 10.3. The minimum atomic E-state index is 0.456. The Labute approximate surface area is 65.4 Å². The van der Waals surface area contributed by atoms with E-state index in [0.717, 1.165) is 6.54 Å². The van der Waals surface area contributed by atoms with E-state index in [4.69, 9.17) is 0 Å². The molecular formula is C7H12N2S. The molecule has 0 aromatic carbocycles. The highest BCUT2D eigenvalue weighted by molar-refractivity contribution is 7.05. The predicted octanol–water partition coefficient (Wildman–Crippen LogP) is 1.81. The fraction of sp³-hybridized carbons (Fsp3) is 0.571. The average molecular weight is 156 g/mol. The predicted molar refractivity (Wildman–Crippen MR) is 44.2 cm³/mol. The first-order valence-corrected chi connectivity index (χ1v) is 4.26. The molecule has 0 saturated heterocycles. The summed E-state index contributed by atoms with van der Waals surface area (Å²) in [6.07, 6.45) is 1.84. The van der Waals surface area contributed by atoms with Gasteiger partial charge in [-0.15, -0.1) is 0 Å². The molecule has 3 heteroatoms. The van der Waals surface area contributed by atoms with E-state index < -0.39 is 0 Å². The topological polar surface area (TPSA) is 24.9 Å². The Morgan fingerprint density at radius 2 is 2.60 bits per heavy atom. The number of nitrogens with zero attached hydrogens (tertiary/aromatic N) is 1. The highest BCUT2D eigenvalue weighted by Crippen LogP contribution is 2.14. The summed E-state index contributed by atoms with van der Waals surface area (Å²) in [6.45, 7) is 5.27. The van der Waals surface area contributed by atoms with Crippen molar-refractivity contribution in [2.24, 2.45) is 0 Å². The minimum Gasteiger partial charge on any atom is -0.310 e. The van der Waals surface area contributed by atoms with E-state index >= 15 is 0 Å². The number of hydrogen-bond acceptors (Lipinski definition) is 3. The van der Waals surface area contributed by atoms with Crippen molar-refractivity contribution < 1.29 is 0 Å². The highest BCUT2D eigenvalue weighted by Gasteiger charge is 2.03. The smallest absolute Gasteiger partial charge is 0.0419 e. The molecule has 0 radical (unpaired) electrons. The molecule has 2 nitrogen and oxygen atoms in total. The molecule has 0 aliphatic carbocycles. The average Bonchev–Trinajstić information content (AvgIpc) is 2.38. The Balaban J connectivity index is 2.50. The summed E-state index contributed by atoms with van der Waals surface area (Å²) < 4.78 is 4.03. The van der Waals surface area contributed by atoms with E-state index in [1.165, 1.54) is 4.88 Å². The molecule has 56 valence electrons. The Morgan fingerprint density at radius 1 is 1.80 bits per heavy atom. The first kappa shape index (κ1) is 7.69. The van der Waals surface area contributed by atoms with Gasteiger partial charge in [0.05, 0.1) is 0 Å². The van der Waals surface area contributed by atoms with Crippen LogP contribution in [0.5, 0.6) is 0 Å². The van der Waals surface area contributed by atoms with Crippen LogP contribution in [0.15, 0.2) is 12.3 Å². The summed E-state index contributed by atoms with van der Waals surface area (Å²) in [6, 6.07) is 2.51. The van der Waals surface area contributed by atoms with E-state index in [2.05, 4.69) is 29.6 Å². The normalized spacial score (nSPS) is 13.4. The van der Waals surface area contributed by atoms with Crippen LogP contribution in [0.1, 0.15) is 24.8 Å². The van der Waals surface area contributed by atoms with Crippen LogP contribution in [0.25, 0.3) is 0 Å². The van der Waals surface area contributed by atoms with Gasteiger partial charge in [0.2, 0.25) is 0 Å². The third-order valence-corrected chi connectivity index (χ3v) is 2.32. The van der Waals surface area contributed by atoms with Crippen molar-refractivity contribution in [1.82, 2.24) is 9.69 Å². The number of nitrogens with one attached hydrogen (secondary N) is 1. The van der Waals surface area contributed by atoms with Crippen molar-refractivity contribution in [3.05, 3.63) is 17.1 Å². The molecule has 1 aromatic rings. The first-order chi connectivity index (χ1) is 4.84. The van der Waals surface area contributed by atoms with E-state index in [9.17, 15) is 0 Å². The van der Waals surface area contributed by atoms with Gasteiger partial charge >= 0.3 is 0 Å². The molecule has 0 fully saturated rings. The van der Waals surface area contributed by atoms with Gasteiger partial charge in [0.1, 0.15) is 0 Å². The van der Waals surface area contributed by atoms with Gasteiger partial charge in [0.25, 0.3) is 0 Å². The molecule has 0 saturated carbocycles. The number of aromatic nitrogens is 1. The van der Waals surface area contributed by atoms with Crippen LogP contribution >= 0.6 is 11.5 Å². The largest absolute Gasteiger partial charge is 0.310 e. The first-order valence-electron chi connectivity index (χ1n) is 3.48. The molecule has 1 atom stereocenters. The summed E-state index contributed by atoms with van der Waals surface area (Å²) in [5, 5.41) is 3.32. The summed E-state index contributed by atoms with van der Waals surface area (Å²) in [7, 11) is 0. The highest BCUT2D eigenvalue weighted by atomic mass is 32.1. The van der Waals surface area contributed by atoms with E-state index in [-0.39, 0.29) is 0 Å². The van der Waals surface area contributed by atoms with Crippen LogP contribution in [0, 0.1) is 0 Å². The van der Waals surface area contributed by atoms with E-state index in [0.29, 0.717) is 6.04 Å². The van der Waals surface area contributed by atoms with Crippen molar-refractivity contribution in [2.45, 2.75) is 19.9 Å². The second-order valence-electron chi connectivity index (χ2n) is 2.19. The van der Waals surface area contributed by atoms with Crippen LogP contribution < -0.4 is 5.32 Å². The second kappa shape index (κ2) is 3.68.